The van der Waals surface area contributed by atoms with Crippen molar-refractivity contribution < 1.29 is 19.7 Å². The highest BCUT2D eigenvalue weighted by Gasteiger charge is 2.27. The number of aromatic nitrogens is 2. The Morgan fingerprint density at radius 3 is 0.973 bits per heavy atom. The fourth-order valence-electron chi connectivity index (χ4n) is 10.3. The number of hydrogen-bond donors (Lipinski definition) is 2. The molecule has 6 aromatic carbocycles. The van der Waals surface area contributed by atoms with Crippen LogP contribution in [0.15, 0.2) is 120 Å². The number of nitrogens with zero attached hydrogens (tertiary/aromatic N) is 2. The Morgan fingerprint density at radius 2 is 0.689 bits per heavy atom. The van der Waals surface area contributed by atoms with Gasteiger partial charge in [0.15, 0.2) is 11.5 Å². The van der Waals surface area contributed by atoms with E-state index >= 15 is 0 Å². The van der Waals surface area contributed by atoms with E-state index in [4.69, 9.17) is 9.47 Å². The lowest BCUT2D eigenvalue weighted by Gasteiger charge is -2.19. The Labute approximate surface area is 445 Å². The molecule has 8 heteroatoms. The third-order valence-corrected chi connectivity index (χ3v) is 16.7. The topological polar surface area (TPSA) is 68.8 Å². The molecule has 382 valence electrons. The van der Waals surface area contributed by atoms with Gasteiger partial charge in [-0.3, -0.25) is 9.13 Å². The molecule has 0 saturated heterocycles. The third-order valence-electron chi connectivity index (χ3n) is 14.8. The molecule has 0 fully saturated rings. The summed E-state index contributed by atoms with van der Waals surface area (Å²) in [7, 11) is 0. The first-order valence-corrected chi connectivity index (χ1v) is 27.9. The van der Waals surface area contributed by atoms with Gasteiger partial charge in [0.2, 0.25) is 0 Å². The fraction of sp³-hybridized carbons (Fsp3) is 0.333. The van der Waals surface area contributed by atoms with Crippen molar-refractivity contribution in [2.75, 3.05) is 13.2 Å². The molecule has 74 heavy (non-hydrogen) atoms. The lowest BCUT2D eigenvalue weighted by molar-refractivity contribution is 0.267. The van der Waals surface area contributed by atoms with E-state index in [0.717, 1.165) is 89.8 Å². The van der Waals surface area contributed by atoms with Crippen molar-refractivity contribution in [3.05, 3.63) is 153 Å². The van der Waals surface area contributed by atoms with Crippen LogP contribution >= 0.6 is 22.7 Å². The van der Waals surface area contributed by atoms with Crippen molar-refractivity contribution in [2.24, 2.45) is 0 Å². The highest BCUT2D eigenvalue weighted by atomic mass is 32.1. The largest absolute Gasteiger partial charge is 0.504 e. The summed E-state index contributed by atoms with van der Waals surface area (Å²) in [5.41, 5.74) is 14.8. The summed E-state index contributed by atoms with van der Waals surface area (Å²) in [5.74, 6) is 1.96. The number of unbranched alkanes of at least 4 members (excludes halogenated alkanes) is 1. The van der Waals surface area contributed by atoms with Crippen molar-refractivity contribution in [3.63, 3.8) is 0 Å². The maximum atomic E-state index is 12.2. The predicted molar refractivity (Wildman–Crippen MR) is 316 cm³/mol. The van der Waals surface area contributed by atoms with Gasteiger partial charge in [-0.05, 0) is 143 Å². The van der Waals surface area contributed by atoms with E-state index in [1.807, 2.05) is 12.1 Å². The van der Waals surface area contributed by atoms with Crippen molar-refractivity contribution in [1.82, 2.24) is 9.13 Å². The van der Waals surface area contributed by atoms with Crippen molar-refractivity contribution >= 4 is 66.3 Å². The second kappa shape index (κ2) is 18.7. The quantitative estimate of drug-likeness (QED) is 0.127. The average Bonchev–Trinajstić information content (AvgIpc) is 4.08. The van der Waals surface area contributed by atoms with Crippen molar-refractivity contribution in [1.29, 1.82) is 0 Å². The molecule has 0 unspecified atom stereocenters. The molecule has 0 aliphatic rings. The number of aromatic hydroxyl groups is 2. The fourth-order valence-corrected chi connectivity index (χ4v) is 12.2. The Kier molecular flexibility index (Phi) is 12.9. The summed E-state index contributed by atoms with van der Waals surface area (Å²) in [6, 6.07) is 39.5. The van der Waals surface area contributed by atoms with Crippen LogP contribution in [-0.2, 0) is 21.7 Å². The summed E-state index contributed by atoms with van der Waals surface area (Å²) in [4.78, 5) is 0. The van der Waals surface area contributed by atoms with Gasteiger partial charge >= 0.3 is 0 Å². The Bertz CT molecular complexity index is 3380. The molecular weight excluding hydrogens is 949 g/mol. The van der Waals surface area contributed by atoms with E-state index < -0.39 is 0 Å². The molecule has 0 saturated carbocycles. The number of benzene rings is 6. The summed E-state index contributed by atoms with van der Waals surface area (Å²) in [6.07, 6.45) is 1.53. The van der Waals surface area contributed by atoms with Gasteiger partial charge in [0, 0.05) is 54.6 Å². The van der Waals surface area contributed by atoms with Gasteiger partial charge in [0.05, 0.1) is 35.3 Å². The number of hydrogen-bond acceptors (Lipinski definition) is 6. The Hall–Kier alpha value is -6.48. The molecule has 0 aliphatic carbocycles. The molecule has 4 aromatic heterocycles. The molecule has 0 amide bonds. The molecule has 0 spiro atoms. The minimum Gasteiger partial charge on any atom is -0.504 e. The molecular formula is C66H72N2O4S2. The Morgan fingerprint density at radius 1 is 0.392 bits per heavy atom. The number of thiophene rings is 2. The van der Waals surface area contributed by atoms with E-state index in [0.29, 0.717) is 13.2 Å². The zero-order valence-electron chi connectivity index (χ0n) is 45.8. The molecule has 0 bridgehead atoms. The maximum Gasteiger partial charge on any atom is 0.158 e. The molecule has 10 rings (SSSR count). The van der Waals surface area contributed by atoms with E-state index in [1.54, 1.807) is 22.7 Å². The SMILES string of the molecule is Cc1ccc(OCCCCOc2ccc(C)cc2-c2csc(-n3c4ccc(C(C)(C)C)cc4c4cc(C(C)(C)C)ccc43)c2O)c(-c2csc(-n3c4ccc(C(C)(C)C)cc4c4cc(C(C)(C)C)ccc43)c2O)c1. The van der Waals surface area contributed by atoms with Gasteiger partial charge in [-0.25, -0.2) is 0 Å². The van der Waals surface area contributed by atoms with Gasteiger partial charge < -0.3 is 19.7 Å². The smallest absolute Gasteiger partial charge is 0.158 e. The molecule has 0 atom stereocenters. The van der Waals surface area contributed by atoms with Crippen LogP contribution in [0.5, 0.6) is 23.0 Å². The van der Waals surface area contributed by atoms with Crippen LogP contribution < -0.4 is 9.47 Å². The summed E-state index contributed by atoms with van der Waals surface area (Å²) in [5, 5.41) is 34.9. The third kappa shape index (κ3) is 9.38. The second-order valence-corrected chi connectivity index (χ2v) is 26.3. The van der Waals surface area contributed by atoms with Gasteiger partial charge in [0.25, 0.3) is 0 Å². The van der Waals surface area contributed by atoms with E-state index in [2.05, 4.69) is 214 Å². The Balaban J connectivity index is 0.877. The lowest BCUT2D eigenvalue weighted by Crippen LogP contribution is -2.10. The van der Waals surface area contributed by atoms with Crippen molar-refractivity contribution in [2.45, 2.75) is 131 Å². The minimum absolute atomic E-state index is 0.00620. The monoisotopic (exact) mass is 1020 g/mol. The zero-order chi connectivity index (χ0) is 52.8. The van der Waals surface area contributed by atoms with Crippen LogP contribution in [-0.4, -0.2) is 32.6 Å². The van der Waals surface area contributed by atoms with E-state index in [9.17, 15) is 10.2 Å². The summed E-state index contributed by atoms with van der Waals surface area (Å²) >= 11 is 3.11. The number of ether oxygens (including phenoxy) is 2. The van der Waals surface area contributed by atoms with Gasteiger partial charge in [-0.15, -0.1) is 22.7 Å². The van der Waals surface area contributed by atoms with Crippen LogP contribution in [0.3, 0.4) is 0 Å². The zero-order valence-corrected chi connectivity index (χ0v) is 47.4. The first-order valence-electron chi connectivity index (χ1n) is 26.2. The second-order valence-electron chi connectivity index (χ2n) is 24.6. The van der Waals surface area contributed by atoms with Crippen LogP contribution in [0.25, 0.3) is 75.9 Å². The van der Waals surface area contributed by atoms with Crippen molar-refractivity contribution in [3.8, 4) is 55.3 Å². The summed E-state index contributed by atoms with van der Waals surface area (Å²) in [6.45, 7) is 32.2. The molecule has 0 aliphatic heterocycles. The van der Waals surface area contributed by atoms with Crippen LogP contribution in [0.2, 0.25) is 0 Å². The first kappa shape index (κ1) is 51.0. The molecule has 6 nitrogen and oxygen atoms in total. The molecule has 10 aromatic rings. The lowest BCUT2D eigenvalue weighted by atomic mass is 9.85. The standard InChI is InChI=1S/C66H72N2O4S2/c1-39-17-27-57(49(31-39)51-37-73-61(59(51)69)67-53-23-19-41(63(3,4)5)33-45(53)46-34-42(64(6,7)8)20-24-54(46)67)71-29-15-16-30-72-58-28-18-40(2)32-50(58)52-38-74-62(60(52)70)68-55-25-21-43(65(9,10)11)35-47(55)48-36-44(66(12,13)14)22-26-56(48)68/h17-28,31-38,69-70H,15-16,29-30H2,1-14H3. The molecule has 0 radical (unpaired) electrons. The van der Waals surface area contributed by atoms with Gasteiger partial charge in [-0.1, -0.05) is 131 Å². The van der Waals surface area contributed by atoms with Gasteiger partial charge in [-0.2, -0.15) is 0 Å². The van der Waals surface area contributed by atoms with Crippen LogP contribution in [0.4, 0.5) is 0 Å². The van der Waals surface area contributed by atoms with E-state index in [-0.39, 0.29) is 33.2 Å². The number of aryl methyl sites for hydroxylation is 2. The van der Waals surface area contributed by atoms with E-state index in [1.165, 1.54) is 43.8 Å². The average molecular weight is 1020 g/mol. The van der Waals surface area contributed by atoms with Crippen LogP contribution in [0.1, 0.15) is 129 Å². The first-order chi connectivity index (χ1) is 34.9. The molecule has 2 N–H and O–H groups in total. The number of fused-ring (bicyclic) bond motifs is 6. The normalized spacial score (nSPS) is 12.8. The van der Waals surface area contributed by atoms with Crippen LogP contribution in [0, 0.1) is 13.8 Å². The highest BCUT2D eigenvalue weighted by molar-refractivity contribution is 7.14. The maximum absolute atomic E-state index is 12.2. The van der Waals surface area contributed by atoms with Gasteiger partial charge in [0.1, 0.15) is 21.5 Å². The molecule has 4 heterocycles. The highest BCUT2D eigenvalue weighted by Crippen LogP contribution is 2.49. The number of rotatable bonds is 11. The minimum atomic E-state index is -0.00620. The predicted octanol–water partition coefficient (Wildman–Crippen LogP) is 18.8. The summed E-state index contributed by atoms with van der Waals surface area (Å²) < 4.78 is 17.6.